The number of carbonyl (C=O) groups excluding carboxylic acids is 1. The molecule has 0 radical (unpaired) electrons. The van der Waals surface area contributed by atoms with Crippen molar-refractivity contribution in [2.75, 3.05) is 21.3 Å². The van der Waals surface area contributed by atoms with Crippen LogP contribution in [0.15, 0.2) is 29.4 Å². The van der Waals surface area contributed by atoms with Crippen LogP contribution in [0.5, 0.6) is 23.0 Å². The van der Waals surface area contributed by atoms with Crippen molar-refractivity contribution in [2.24, 2.45) is 5.10 Å². The first-order valence-electron chi connectivity index (χ1n) is 8.03. The summed E-state index contributed by atoms with van der Waals surface area (Å²) >= 11 is 0. The maximum Gasteiger partial charge on any atom is 0.327 e. The van der Waals surface area contributed by atoms with Gasteiger partial charge in [0.25, 0.3) is 5.91 Å². The Labute approximate surface area is 168 Å². The van der Waals surface area contributed by atoms with E-state index in [0.29, 0.717) is 0 Å². The standard InChI is InChI=1S/C17H16N4O9/c1-28-12-7-10(13(21(26)27)16(30-3)15(12)29-2)17(23)19-18-8-9-5-4-6-11(14(9)22)20(24)25/h4-8,22H,1-3H3,(H,19,23)/b18-8-. The number of methoxy groups -OCH3 is 3. The van der Waals surface area contributed by atoms with Crippen LogP contribution in [0.2, 0.25) is 0 Å². The van der Waals surface area contributed by atoms with Gasteiger partial charge in [-0.2, -0.15) is 5.10 Å². The fraction of sp³-hybridized carbons (Fsp3) is 0.176. The summed E-state index contributed by atoms with van der Waals surface area (Å²) in [4.78, 5) is 33.3. The Morgan fingerprint density at radius 3 is 2.30 bits per heavy atom. The molecule has 0 aromatic heterocycles. The van der Waals surface area contributed by atoms with Gasteiger partial charge in [0.05, 0.1) is 37.4 Å². The van der Waals surface area contributed by atoms with Crippen LogP contribution < -0.4 is 19.6 Å². The molecule has 30 heavy (non-hydrogen) atoms. The van der Waals surface area contributed by atoms with E-state index in [-0.39, 0.29) is 22.8 Å². The highest BCUT2D eigenvalue weighted by Gasteiger charge is 2.32. The number of hydrazone groups is 1. The molecule has 0 bridgehead atoms. The minimum atomic E-state index is -0.998. The molecule has 13 nitrogen and oxygen atoms in total. The number of nitro groups is 2. The van der Waals surface area contributed by atoms with E-state index in [1.165, 1.54) is 26.4 Å². The number of amides is 1. The molecule has 2 aromatic rings. The van der Waals surface area contributed by atoms with Crippen molar-refractivity contribution in [1.29, 1.82) is 0 Å². The van der Waals surface area contributed by atoms with Gasteiger partial charge in [-0.3, -0.25) is 25.0 Å². The summed E-state index contributed by atoms with van der Waals surface area (Å²) in [6.45, 7) is 0. The fourth-order valence-corrected chi connectivity index (χ4v) is 2.52. The third kappa shape index (κ3) is 4.19. The quantitative estimate of drug-likeness (QED) is 0.367. The predicted octanol–water partition coefficient (Wildman–Crippen LogP) is 2.00. The molecule has 13 heteroatoms. The number of carbonyl (C=O) groups is 1. The normalized spacial score (nSPS) is 10.5. The lowest BCUT2D eigenvalue weighted by molar-refractivity contribution is -0.386. The van der Waals surface area contributed by atoms with E-state index in [2.05, 4.69) is 10.5 Å². The lowest BCUT2D eigenvalue weighted by Gasteiger charge is -2.14. The van der Waals surface area contributed by atoms with Crippen LogP contribution >= 0.6 is 0 Å². The smallest absolute Gasteiger partial charge is 0.327 e. The molecule has 0 fully saturated rings. The maximum absolute atomic E-state index is 12.5. The van der Waals surface area contributed by atoms with Gasteiger partial charge in [0.15, 0.2) is 5.75 Å². The first-order chi connectivity index (χ1) is 14.3. The first kappa shape index (κ1) is 21.9. The number of nitrogens with one attached hydrogen (secondary N) is 1. The lowest BCUT2D eigenvalue weighted by atomic mass is 10.1. The Hall–Kier alpha value is -4.42. The summed E-state index contributed by atoms with van der Waals surface area (Å²) in [5, 5.41) is 35.8. The van der Waals surface area contributed by atoms with Crippen LogP contribution in [0.4, 0.5) is 11.4 Å². The summed E-state index contributed by atoms with van der Waals surface area (Å²) in [5.41, 5.74) is 0.335. The van der Waals surface area contributed by atoms with Gasteiger partial charge in [-0.05, 0) is 6.07 Å². The van der Waals surface area contributed by atoms with E-state index in [1.54, 1.807) is 0 Å². The van der Waals surface area contributed by atoms with Crippen molar-refractivity contribution >= 4 is 23.5 Å². The van der Waals surface area contributed by atoms with Gasteiger partial charge in [0, 0.05) is 17.7 Å². The third-order valence-corrected chi connectivity index (χ3v) is 3.84. The molecule has 0 spiro atoms. The van der Waals surface area contributed by atoms with E-state index in [1.807, 2.05) is 0 Å². The molecule has 0 aliphatic carbocycles. The number of hydrogen-bond donors (Lipinski definition) is 2. The highest BCUT2D eigenvalue weighted by atomic mass is 16.6. The summed E-state index contributed by atoms with van der Waals surface area (Å²) in [6, 6.07) is 4.80. The van der Waals surface area contributed by atoms with E-state index in [0.717, 1.165) is 25.5 Å². The number of para-hydroxylation sites is 1. The number of hydrogen-bond acceptors (Lipinski definition) is 10. The van der Waals surface area contributed by atoms with Gasteiger partial charge in [0.2, 0.25) is 17.2 Å². The van der Waals surface area contributed by atoms with Crippen molar-refractivity contribution in [3.05, 3.63) is 55.6 Å². The zero-order valence-electron chi connectivity index (χ0n) is 15.9. The van der Waals surface area contributed by atoms with Crippen LogP contribution in [0.3, 0.4) is 0 Å². The number of phenolic OH excluding ortho intramolecular Hbond substituents is 1. The molecule has 0 saturated heterocycles. The number of rotatable bonds is 8. The summed E-state index contributed by atoms with van der Waals surface area (Å²) in [7, 11) is 3.68. The van der Waals surface area contributed by atoms with Gasteiger partial charge in [-0.15, -0.1) is 0 Å². The summed E-state index contributed by atoms with van der Waals surface area (Å²) < 4.78 is 15.2. The average Bonchev–Trinajstić information content (AvgIpc) is 2.72. The lowest BCUT2D eigenvalue weighted by Crippen LogP contribution is -2.20. The highest BCUT2D eigenvalue weighted by Crippen LogP contribution is 2.46. The Morgan fingerprint density at radius 2 is 1.77 bits per heavy atom. The largest absolute Gasteiger partial charge is 0.502 e. The van der Waals surface area contributed by atoms with E-state index in [4.69, 9.17) is 14.2 Å². The summed E-state index contributed by atoms with van der Waals surface area (Å²) in [6.07, 6.45) is 0.948. The number of phenols is 1. The predicted molar refractivity (Wildman–Crippen MR) is 103 cm³/mol. The second kappa shape index (κ2) is 9.18. The number of benzene rings is 2. The second-order valence-corrected chi connectivity index (χ2v) is 5.47. The molecule has 1 amide bonds. The van der Waals surface area contributed by atoms with Crippen LogP contribution in [-0.4, -0.2) is 48.4 Å². The molecule has 0 unspecified atom stereocenters. The van der Waals surface area contributed by atoms with Crippen molar-refractivity contribution in [2.45, 2.75) is 0 Å². The van der Waals surface area contributed by atoms with Gasteiger partial charge >= 0.3 is 11.4 Å². The third-order valence-electron chi connectivity index (χ3n) is 3.84. The zero-order valence-corrected chi connectivity index (χ0v) is 15.9. The van der Waals surface area contributed by atoms with Crippen molar-refractivity contribution in [3.8, 4) is 23.0 Å². The molecule has 2 rings (SSSR count). The Morgan fingerprint density at radius 1 is 1.10 bits per heavy atom. The number of nitrogens with zero attached hydrogens (tertiary/aromatic N) is 3. The molecule has 0 saturated carbocycles. The minimum absolute atomic E-state index is 0.00501. The fourth-order valence-electron chi connectivity index (χ4n) is 2.52. The molecule has 2 aromatic carbocycles. The molecular formula is C17H16N4O9. The topological polar surface area (TPSA) is 176 Å². The maximum atomic E-state index is 12.5. The Balaban J connectivity index is 2.42. The van der Waals surface area contributed by atoms with Gasteiger partial charge in [0.1, 0.15) is 5.56 Å². The SMILES string of the molecule is COc1cc(C(=O)N/N=C\c2cccc([N+](=O)[O-])c2O)c([N+](=O)[O-])c(OC)c1OC. The van der Waals surface area contributed by atoms with Crippen LogP contribution in [0.1, 0.15) is 15.9 Å². The number of aromatic hydroxyl groups is 1. The Kier molecular flexibility index (Phi) is 6.70. The number of ether oxygens (including phenoxy) is 3. The van der Waals surface area contributed by atoms with Gasteiger partial charge < -0.3 is 19.3 Å². The first-order valence-corrected chi connectivity index (χ1v) is 8.03. The average molecular weight is 420 g/mol. The second-order valence-electron chi connectivity index (χ2n) is 5.47. The van der Waals surface area contributed by atoms with Crippen LogP contribution in [0, 0.1) is 20.2 Å². The highest BCUT2D eigenvalue weighted by molar-refractivity contribution is 6.01. The monoisotopic (exact) mass is 420 g/mol. The number of nitro benzene ring substituents is 2. The van der Waals surface area contributed by atoms with E-state index < -0.39 is 38.4 Å². The molecular weight excluding hydrogens is 404 g/mol. The zero-order chi connectivity index (χ0) is 22.4. The molecule has 0 aliphatic rings. The van der Waals surface area contributed by atoms with Crippen LogP contribution in [-0.2, 0) is 0 Å². The van der Waals surface area contributed by atoms with Gasteiger partial charge in [-0.25, -0.2) is 5.43 Å². The van der Waals surface area contributed by atoms with Crippen LogP contribution in [0.25, 0.3) is 0 Å². The van der Waals surface area contributed by atoms with Gasteiger partial charge in [-0.1, -0.05) is 6.07 Å². The molecule has 2 N–H and O–H groups in total. The molecule has 158 valence electrons. The summed E-state index contributed by atoms with van der Waals surface area (Å²) in [5.74, 6) is -2.05. The van der Waals surface area contributed by atoms with Crippen molar-refractivity contribution < 1.29 is 34.0 Å². The molecule has 0 atom stereocenters. The molecule has 0 aliphatic heterocycles. The Bertz CT molecular complexity index is 1040. The minimum Gasteiger partial charge on any atom is -0.502 e. The van der Waals surface area contributed by atoms with Crippen molar-refractivity contribution in [3.63, 3.8) is 0 Å². The van der Waals surface area contributed by atoms with E-state index >= 15 is 0 Å². The van der Waals surface area contributed by atoms with E-state index in [9.17, 15) is 30.1 Å². The molecule has 0 heterocycles. The van der Waals surface area contributed by atoms with Crippen molar-refractivity contribution in [1.82, 2.24) is 5.43 Å².